The Hall–Kier alpha value is -0.590. The second kappa shape index (κ2) is 2.34. The third-order valence-electron chi connectivity index (χ3n) is 1.49. The second-order valence-corrected chi connectivity index (χ2v) is 2.42. The van der Waals surface area contributed by atoms with E-state index in [1.165, 1.54) is 0 Å². The van der Waals surface area contributed by atoms with Crippen molar-refractivity contribution < 1.29 is 4.74 Å². The van der Waals surface area contributed by atoms with Crippen LogP contribution in [0.25, 0.3) is 0 Å². The van der Waals surface area contributed by atoms with Gasteiger partial charge in [0.2, 0.25) is 0 Å². The van der Waals surface area contributed by atoms with Gasteiger partial charge in [-0.15, -0.1) is 0 Å². The van der Waals surface area contributed by atoms with E-state index in [1.807, 2.05) is 6.07 Å². The van der Waals surface area contributed by atoms with E-state index in [2.05, 4.69) is 0 Å². The monoisotopic (exact) mass is 126 g/mol. The quantitative estimate of drug-likeness (QED) is 0.497. The fourth-order valence-electron chi connectivity index (χ4n) is 0.904. The Morgan fingerprint density at radius 1 is 1.67 bits per heavy atom. The first-order valence-electron chi connectivity index (χ1n) is 3.05. The van der Waals surface area contributed by atoms with Crippen molar-refractivity contribution in [2.24, 2.45) is 5.73 Å². The first-order valence-corrected chi connectivity index (χ1v) is 3.05. The average Bonchev–Trinajstić information content (AvgIpc) is 1.90. The van der Waals surface area contributed by atoms with Gasteiger partial charge >= 0.3 is 0 Å². The van der Waals surface area contributed by atoms with Crippen LogP contribution in [-0.2, 0) is 4.74 Å². The van der Waals surface area contributed by atoms with Crippen molar-refractivity contribution in [1.29, 1.82) is 5.26 Å². The Bertz CT molecular complexity index is 132. The highest BCUT2D eigenvalue weighted by Gasteiger charge is 2.27. The smallest absolute Gasteiger partial charge is 0.127 e. The lowest BCUT2D eigenvalue weighted by Gasteiger charge is -2.25. The van der Waals surface area contributed by atoms with Gasteiger partial charge in [-0.25, -0.2) is 0 Å². The zero-order chi connectivity index (χ0) is 6.74. The first kappa shape index (κ1) is 6.53. The molecule has 0 unspecified atom stereocenters. The van der Waals surface area contributed by atoms with Gasteiger partial charge < -0.3 is 10.5 Å². The number of nitrogens with two attached hydrogens (primary N) is 1. The molecule has 0 bridgehead atoms. The van der Waals surface area contributed by atoms with Gasteiger partial charge in [-0.05, 0) is 12.8 Å². The lowest BCUT2D eigenvalue weighted by molar-refractivity contribution is 0.0595. The van der Waals surface area contributed by atoms with Gasteiger partial charge in [-0.1, -0.05) is 0 Å². The highest BCUT2D eigenvalue weighted by atomic mass is 16.5. The van der Waals surface area contributed by atoms with E-state index in [4.69, 9.17) is 15.7 Å². The van der Waals surface area contributed by atoms with Crippen LogP contribution in [0.3, 0.4) is 0 Å². The van der Waals surface area contributed by atoms with Gasteiger partial charge in [0, 0.05) is 6.61 Å². The molecule has 0 amide bonds. The van der Waals surface area contributed by atoms with Gasteiger partial charge in [-0.3, -0.25) is 0 Å². The van der Waals surface area contributed by atoms with E-state index in [0.717, 1.165) is 19.4 Å². The third-order valence-corrected chi connectivity index (χ3v) is 1.49. The molecule has 50 valence electrons. The van der Waals surface area contributed by atoms with E-state index in [0.29, 0.717) is 6.61 Å². The summed E-state index contributed by atoms with van der Waals surface area (Å²) in [6.45, 7) is 1.14. The van der Waals surface area contributed by atoms with Gasteiger partial charge in [-0.2, -0.15) is 5.26 Å². The highest BCUT2D eigenvalue weighted by Crippen LogP contribution is 2.14. The Kier molecular flexibility index (Phi) is 1.70. The Labute approximate surface area is 54.4 Å². The standard InChI is InChI=1S/C6H10N2O/c7-4-6(8)2-1-3-9-5-6/h1-3,5,8H2/t6-/m1/s1. The Morgan fingerprint density at radius 2 is 2.44 bits per heavy atom. The van der Waals surface area contributed by atoms with Crippen LogP contribution in [0, 0.1) is 11.3 Å². The van der Waals surface area contributed by atoms with Crippen molar-refractivity contribution in [2.45, 2.75) is 18.4 Å². The minimum absolute atomic E-state index is 0.392. The third kappa shape index (κ3) is 1.41. The van der Waals surface area contributed by atoms with E-state index < -0.39 is 5.54 Å². The minimum Gasteiger partial charge on any atom is -0.378 e. The summed E-state index contributed by atoms with van der Waals surface area (Å²) in [5, 5.41) is 8.50. The maximum atomic E-state index is 8.50. The zero-order valence-electron chi connectivity index (χ0n) is 5.26. The maximum absolute atomic E-state index is 8.50. The number of rotatable bonds is 0. The Balaban J connectivity index is 2.49. The summed E-state index contributed by atoms with van der Waals surface area (Å²) in [6, 6.07) is 2.03. The molecule has 0 aromatic carbocycles. The summed E-state index contributed by atoms with van der Waals surface area (Å²) in [7, 11) is 0. The number of hydrogen-bond acceptors (Lipinski definition) is 3. The van der Waals surface area contributed by atoms with Crippen LogP contribution < -0.4 is 5.73 Å². The minimum atomic E-state index is -0.696. The fraction of sp³-hybridized carbons (Fsp3) is 0.833. The lowest BCUT2D eigenvalue weighted by atomic mass is 9.96. The van der Waals surface area contributed by atoms with E-state index >= 15 is 0 Å². The van der Waals surface area contributed by atoms with Gasteiger partial charge in [0.25, 0.3) is 0 Å². The van der Waals surface area contributed by atoms with E-state index in [1.54, 1.807) is 0 Å². The van der Waals surface area contributed by atoms with Crippen LogP contribution in [0.1, 0.15) is 12.8 Å². The molecular weight excluding hydrogens is 116 g/mol. The molecule has 0 aromatic heterocycles. The molecule has 1 saturated heterocycles. The average molecular weight is 126 g/mol. The topological polar surface area (TPSA) is 59.0 Å². The van der Waals surface area contributed by atoms with Crippen LogP contribution in [0.2, 0.25) is 0 Å². The predicted molar refractivity (Wildman–Crippen MR) is 32.6 cm³/mol. The molecule has 1 fully saturated rings. The largest absolute Gasteiger partial charge is 0.378 e. The molecule has 3 nitrogen and oxygen atoms in total. The summed E-state index contributed by atoms with van der Waals surface area (Å²) >= 11 is 0. The zero-order valence-corrected chi connectivity index (χ0v) is 5.26. The molecule has 2 N–H and O–H groups in total. The number of hydrogen-bond donors (Lipinski definition) is 1. The van der Waals surface area contributed by atoms with Gasteiger partial charge in [0.15, 0.2) is 0 Å². The van der Waals surface area contributed by atoms with Crippen LogP contribution >= 0.6 is 0 Å². The van der Waals surface area contributed by atoms with E-state index in [-0.39, 0.29) is 0 Å². The summed E-state index contributed by atoms with van der Waals surface area (Å²) in [5.41, 5.74) is 4.88. The molecule has 1 heterocycles. The predicted octanol–water partition coefficient (Wildman–Crippen LogP) is 0.0179. The molecule has 1 rings (SSSR count). The molecule has 0 aromatic rings. The summed E-state index contributed by atoms with van der Waals surface area (Å²) in [5.74, 6) is 0. The summed E-state index contributed by atoms with van der Waals surface area (Å²) in [4.78, 5) is 0. The normalized spacial score (nSPS) is 35.6. The van der Waals surface area contributed by atoms with Crippen LogP contribution in [0.4, 0.5) is 0 Å². The second-order valence-electron chi connectivity index (χ2n) is 2.42. The molecule has 1 aliphatic rings. The molecular formula is C6H10N2O. The molecule has 0 spiro atoms. The van der Waals surface area contributed by atoms with Crippen molar-refractivity contribution in [3.63, 3.8) is 0 Å². The van der Waals surface area contributed by atoms with E-state index in [9.17, 15) is 0 Å². The molecule has 9 heavy (non-hydrogen) atoms. The molecule has 3 heteroatoms. The number of ether oxygens (including phenoxy) is 1. The number of nitrogens with zero attached hydrogens (tertiary/aromatic N) is 1. The van der Waals surface area contributed by atoms with Crippen molar-refractivity contribution in [2.75, 3.05) is 13.2 Å². The van der Waals surface area contributed by atoms with Crippen LogP contribution in [0.5, 0.6) is 0 Å². The van der Waals surface area contributed by atoms with Crippen LogP contribution in [0.15, 0.2) is 0 Å². The van der Waals surface area contributed by atoms with Crippen molar-refractivity contribution in [3.8, 4) is 6.07 Å². The number of nitriles is 1. The van der Waals surface area contributed by atoms with Crippen molar-refractivity contribution >= 4 is 0 Å². The van der Waals surface area contributed by atoms with Crippen molar-refractivity contribution in [3.05, 3.63) is 0 Å². The molecule has 1 aliphatic heterocycles. The van der Waals surface area contributed by atoms with Gasteiger partial charge in [0.05, 0.1) is 12.7 Å². The lowest BCUT2D eigenvalue weighted by Crippen LogP contribution is -2.45. The Morgan fingerprint density at radius 3 is 2.78 bits per heavy atom. The van der Waals surface area contributed by atoms with Gasteiger partial charge in [0.1, 0.15) is 5.54 Å². The molecule has 0 saturated carbocycles. The first-order chi connectivity index (χ1) is 4.27. The molecule has 1 atom stereocenters. The maximum Gasteiger partial charge on any atom is 0.127 e. The summed E-state index contributed by atoms with van der Waals surface area (Å²) in [6.07, 6.45) is 1.67. The molecule has 0 radical (unpaired) electrons. The fourth-order valence-corrected chi connectivity index (χ4v) is 0.904. The SMILES string of the molecule is N#C[C@]1(N)CCCOC1. The summed E-state index contributed by atoms with van der Waals surface area (Å²) < 4.78 is 5.03. The van der Waals surface area contributed by atoms with Crippen LogP contribution in [-0.4, -0.2) is 18.8 Å². The highest BCUT2D eigenvalue weighted by molar-refractivity contribution is 5.05. The molecule has 0 aliphatic carbocycles. The van der Waals surface area contributed by atoms with Crippen molar-refractivity contribution in [1.82, 2.24) is 0 Å².